The maximum absolute atomic E-state index is 11.6. The van der Waals surface area contributed by atoms with E-state index < -0.39 is 104 Å². The van der Waals surface area contributed by atoms with Gasteiger partial charge in [-0.3, -0.25) is 10.4 Å². The van der Waals surface area contributed by atoms with Gasteiger partial charge in [-0.1, -0.05) is 0 Å². The second-order valence-electron chi connectivity index (χ2n) is 12.1. The molecule has 1 saturated carbocycles. The molecule has 0 radical (unpaired) electrons. The molecule has 18 N–H and O–H groups in total. The van der Waals surface area contributed by atoms with E-state index in [-0.39, 0.29) is 32.0 Å². The Kier molecular flexibility index (Phi) is 13.8. The number of likely N-dealkylation sites (N-methyl/N-ethyl adjacent to an activating group) is 1. The first-order valence-electron chi connectivity index (χ1n) is 15.0. The van der Waals surface area contributed by atoms with Crippen molar-refractivity contribution in [2.75, 3.05) is 33.4 Å². The number of aliphatic hydroxyl groups is 7. The summed E-state index contributed by atoms with van der Waals surface area (Å²) in [6, 6.07) is -3.38. The van der Waals surface area contributed by atoms with Gasteiger partial charge in [-0.25, -0.2) is 0 Å². The first-order chi connectivity index (χ1) is 21.1. The maximum atomic E-state index is 11.6. The highest BCUT2D eigenvalue weighted by Gasteiger charge is 2.52. The van der Waals surface area contributed by atoms with Gasteiger partial charge in [0.15, 0.2) is 12.6 Å². The lowest BCUT2D eigenvalue weighted by Gasteiger charge is -2.49. The second kappa shape index (κ2) is 16.4. The van der Waals surface area contributed by atoms with E-state index in [0.717, 1.165) is 0 Å². The third-order valence-corrected chi connectivity index (χ3v) is 8.49. The van der Waals surface area contributed by atoms with Gasteiger partial charge in [-0.15, -0.1) is 0 Å². The lowest BCUT2D eigenvalue weighted by atomic mass is 9.83. The Hall–Kier alpha value is -1.66. The number of nitrogens with zero attached hydrogens (tertiary/aromatic N) is 1. The standard InChI is InChI=1S/C26H52N8O11/c1-26(41)9-42-25(19(40)22(26)32-2)45-21-13(34-23(31)17(38)16(37)14(36)8-35)5-12(29)20(18(21)39)44-24-11(28)4-3-10(43-24)7-33-15(30)6-27/h10-14,16-22,24-25,32,35-41H,3-9,27-29H2,1-2H3,(H2,30,33)(H2,31,34)/t10-,11?,12-,13+,14?,16?,17?,18?,19?,20?,21?,22+,24+,25+,26?/m0/s1. The summed E-state index contributed by atoms with van der Waals surface area (Å²) in [6.07, 6.45) is -12.7. The molecule has 9 unspecified atom stereocenters. The highest BCUT2D eigenvalue weighted by atomic mass is 16.7. The Morgan fingerprint density at radius 3 is 2.38 bits per heavy atom. The number of amidine groups is 2. The van der Waals surface area contributed by atoms with Crippen LogP contribution in [0.2, 0.25) is 0 Å². The number of hydrogen-bond donors (Lipinski definition) is 14. The fourth-order valence-electron chi connectivity index (χ4n) is 5.81. The van der Waals surface area contributed by atoms with E-state index in [1.54, 1.807) is 7.05 Å². The van der Waals surface area contributed by atoms with E-state index in [2.05, 4.69) is 15.6 Å². The quantitative estimate of drug-likeness (QED) is 0.0649. The third kappa shape index (κ3) is 9.24. The summed E-state index contributed by atoms with van der Waals surface area (Å²) >= 11 is 0. The van der Waals surface area contributed by atoms with Crippen molar-refractivity contribution in [2.45, 2.75) is 117 Å². The number of aliphatic hydroxyl groups excluding tert-OH is 6. The van der Waals surface area contributed by atoms with Crippen LogP contribution in [0.5, 0.6) is 0 Å². The Bertz CT molecular complexity index is 983. The first-order valence-corrected chi connectivity index (χ1v) is 15.0. The van der Waals surface area contributed by atoms with Crippen LogP contribution in [0.15, 0.2) is 4.99 Å². The van der Waals surface area contributed by atoms with Crippen LogP contribution in [0.25, 0.3) is 0 Å². The Balaban J connectivity index is 1.83. The summed E-state index contributed by atoms with van der Waals surface area (Å²) in [4.78, 5) is 4.19. The van der Waals surface area contributed by atoms with Crippen molar-refractivity contribution in [3.63, 3.8) is 0 Å². The number of ether oxygens (including phenoxy) is 4. The zero-order chi connectivity index (χ0) is 33.6. The van der Waals surface area contributed by atoms with Crippen LogP contribution in [0.4, 0.5) is 0 Å². The van der Waals surface area contributed by atoms with Crippen LogP contribution < -0.4 is 33.6 Å². The summed E-state index contributed by atoms with van der Waals surface area (Å²) in [5, 5.41) is 86.4. The second-order valence-corrected chi connectivity index (χ2v) is 12.1. The fraction of sp³-hybridized carbons (Fsp3) is 0.923. The number of nitrogens with two attached hydrogens (primary N) is 4. The molecule has 19 heteroatoms. The van der Waals surface area contributed by atoms with Gasteiger partial charge in [0.25, 0.3) is 0 Å². The molecule has 3 aliphatic rings. The van der Waals surface area contributed by atoms with Gasteiger partial charge in [0.1, 0.15) is 60.0 Å². The Morgan fingerprint density at radius 1 is 1.09 bits per heavy atom. The molecule has 0 aromatic carbocycles. The minimum Gasteiger partial charge on any atom is -0.394 e. The van der Waals surface area contributed by atoms with Crippen molar-refractivity contribution in [3.8, 4) is 0 Å². The molecule has 45 heavy (non-hydrogen) atoms. The molecule has 0 bridgehead atoms. The van der Waals surface area contributed by atoms with Crippen molar-refractivity contribution in [3.05, 3.63) is 0 Å². The number of hydrogen-bond acceptors (Lipinski definition) is 17. The zero-order valence-corrected chi connectivity index (χ0v) is 25.6. The van der Waals surface area contributed by atoms with Crippen LogP contribution >= 0.6 is 0 Å². The molecule has 2 saturated heterocycles. The van der Waals surface area contributed by atoms with Gasteiger partial charge in [0.2, 0.25) is 0 Å². The van der Waals surface area contributed by atoms with Crippen LogP contribution in [0.1, 0.15) is 26.2 Å². The first kappa shape index (κ1) is 37.8. The SMILES string of the molecule is CN[C@@H]1C(O)[C@@H](OC2C(O)C(O[C@H]3O[C@H](CN=C(N)CN)CCC3N)[C@@H](N)C[C@H]2NC(=N)C(O)C(O)C(O)CO)OCC1(C)O. The van der Waals surface area contributed by atoms with E-state index in [9.17, 15) is 30.6 Å². The Labute approximate surface area is 261 Å². The average Bonchev–Trinajstić information content (AvgIpc) is 3.00. The molecule has 15 atom stereocenters. The van der Waals surface area contributed by atoms with E-state index >= 15 is 0 Å². The van der Waals surface area contributed by atoms with E-state index in [4.69, 9.17) is 52.4 Å². The average molecular weight is 653 g/mol. The molecule has 0 amide bonds. The number of nitrogens with one attached hydrogen (secondary N) is 3. The Morgan fingerprint density at radius 2 is 1.76 bits per heavy atom. The van der Waals surface area contributed by atoms with Crippen molar-refractivity contribution >= 4 is 11.7 Å². The molecule has 0 spiro atoms. The van der Waals surface area contributed by atoms with Gasteiger partial charge >= 0.3 is 0 Å². The predicted molar refractivity (Wildman–Crippen MR) is 159 cm³/mol. The molecule has 2 aliphatic heterocycles. The van der Waals surface area contributed by atoms with E-state index in [1.807, 2.05) is 0 Å². The normalized spacial score (nSPS) is 41.7. The van der Waals surface area contributed by atoms with Crippen LogP contribution in [0.3, 0.4) is 0 Å². The fourth-order valence-corrected chi connectivity index (χ4v) is 5.81. The number of rotatable bonds is 13. The van der Waals surface area contributed by atoms with Gasteiger partial charge in [-0.05, 0) is 33.2 Å². The largest absolute Gasteiger partial charge is 0.394 e. The molecule has 2 heterocycles. The summed E-state index contributed by atoms with van der Waals surface area (Å²) in [5.41, 5.74) is 22.5. The molecule has 0 aromatic heterocycles. The van der Waals surface area contributed by atoms with Crippen molar-refractivity contribution in [1.29, 1.82) is 5.41 Å². The van der Waals surface area contributed by atoms with Gasteiger partial charge in [0.05, 0.1) is 50.5 Å². The lowest BCUT2D eigenvalue weighted by Crippen LogP contribution is -2.69. The van der Waals surface area contributed by atoms with Crippen LogP contribution in [0, 0.1) is 5.41 Å². The highest BCUT2D eigenvalue weighted by Crippen LogP contribution is 2.32. The van der Waals surface area contributed by atoms with E-state index in [0.29, 0.717) is 12.8 Å². The van der Waals surface area contributed by atoms with E-state index in [1.165, 1.54) is 6.92 Å². The summed E-state index contributed by atoms with van der Waals surface area (Å²) in [6.45, 7) is 0.690. The zero-order valence-electron chi connectivity index (χ0n) is 25.6. The maximum Gasteiger partial charge on any atom is 0.185 e. The van der Waals surface area contributed by atoms with Crippen molar-refractivity contribution in [2.24, 2.45) is 27.9 Å². The smallest absolute Gasteiger partial charge is 0.185 e. The van der Waals surface area contributed by atoms with Gasteiger partial charge in [-0.2, -0.15) is 0 Å². The molecule has 0 aromatic rings. The number of aliphatic imine (C=N–C) groups is 1. The highest BCUT2D eigenvalue weighted by molar-refractivity contribution is 5.84. The lowest BCUT2D eigenvalue weighted by molar-refractivity contribution is -0.307. The third-order valence-electron chi connectivity index (χ3n) is 8.49. The van der Waals surface area contributed by atoms with Crippen LogP contribution in [-0.2, 0) is 18.9 Å². The monoisotopic (exact) mass is 652 g/mol. The molecule has 3 fully saturated rings. The summed E-state index contributed by atoms with van der Waals surface area (Å²) in [5.74, 6) is -0.399. The van der Waals surface area contributed by atoms with Crippen molar-refractivity contribution in [1.82, 2.24) is 10.6 Å². The van der Waals surface area contributed by atoms with Gasteiger partial charge in [0, 0.05) is 6.04 Å². The topological polar surface area (TPSA) is 343 Å². The summed E-state index contributed by atoms with van der Waals surface area (Å²) in [7, 11) is 1.54. The minimum atomic E-state index is -1.95. The molecule has 19 nitrogen and oxygen atoms in total. The minimum absolute atomic E-state index is 0.0289. The van der Waals surface area contributed by atoms with Crippen LogP contribution in [-0.4, -0.2) is 172 Å². The molecule has 3 rings (SSSR count). The molecular weight excluding hydrogens is 600 g/mol. The summed E-state index contributed by atoms with van der Waals surface area (Å²) < 4.78 is 23.9. The molecular formula is C26H52N8O11. The molecule has 262 valence electrons. The van der Waals surface area contributed by atoms with Gasteiger partial charge < -0.3 is 88.3 Å². The molecule has 1 aliphatic carbocycles. The predicted octanol–water partition coefficient (Wildman–Crippen LogP) is -6.94. The van der Waals surface area contributed by atoms with Crippen molar-refractivity contribution < 1.29 is 54.7 Å².